The third kappa shape index (κ3) is 2.05. The van der Waals surface area contributed by atoms with Gasteiger partial charge in [0.25, 0.3) is 0 Å². The molecule has 0 heterocycles. The van der Waals surface area contributed by atoms with E-state index in [0.717, 1.165) is 5.56 Å². The largest absolute Gasteiger partial charge is 0.313 e. The van der Waals surface area contributed by atoms with Crippen molar-refractivity contribution in [2.75, 3.05) is 7.05 Å². The van der Waals surface area contributed by atoms with Crippen LogP contribution in [0.3, 0.4) is 0 Å². The molecule has 0 saturated heterocycles. The average Bonchev–Trinajstić information content (AvgIpc) is 2.08. The molecule has 3 heteroatoms. The van der Waals surface area contributed by atoms with Crippen molar-refractivity contribution in [3.8, 4) is 0 Å². The van der Waals surface area contributed by atoms with Gasteiger partial charge in [-0.3, -0.25) is 0 Å². The molecule has 66 valence electrons. The van der Waals surface area contributed by atoms with Gasteiger partial charge in [0.2, 0.25) is 0 Å². The van der Waals surface area contributed by atoms with Crippen LogP contribution in [0, 0.1) is 5.82 Å². The summed E-state index contributed by atoms with van der Waals surface area (Å²) in [5.74, 6) is -0.213. The maximum atomic E-state index is 13.0. The molecule has 0 fully saturated rings. The molecule has 1 rings (SSSR count). The van der Waals surface area contributed by atoms with Gasteiger partial charge in [0.1, 0.15) is 5.82 Å². The van der Waals surface area contributed by atoms with Gasteiger partial charge in [-0.05, 0) is 47.6 Å². The molecule has 0 saturated carbocycles. The Morgan fingerprint density at radius 2 is 2.17 bits per heavy atom. The van der Waals surface area contributed by atoms with Crippen molar-refractivity contribution in [1.29, 1.82) is 0 Å². The first kappa shape index (κ1) is 9.68. The van der Waals surface area contributed by atoms with E-state index in [4.69, 9.17) is 0 Å². The van der Waals surface area contributed by atoms with Gasteiger partial charge in [-0.25, -0.2) is 4.39 Å². The van der Waals surface area contributed by atoms with Crippen molar-refractivity contribution < 1.29 is 4.39 Å². The summed E-state index contributed by atoms with van der Waals surface area (Å²) in [5, 5.41) is 3.05. The quantitative estimate of drug-likeness (QED) is 0.826. The Kier molecular flexibility index (Phi) is 3.23. The normalized spacial score (nSPS) is 13.0. The Hall–Kier alpha value is -0.410. The number of nitrogens with one attached hydrogen (secondary N) is 1. The molecule has 1 nitrogen and oxygen atoms in total. The highest BCUT2D eigenvalue weighted by Gasteiger charge is 2.05. The van der Waals surface area contributed by atoms with Crippen LogP contribution in [0.4, 0.5) is 4.39 Å². The molecule has 1 aromatic carbocycles. The number of hydrogen-bond acceptors (Lipinski definition) is 1. The van der Waals surface area contributed by atoms with Gasteiger partial charge in [0.15, 0.2) is 0 Å². The van der Waals surface area contributed by atoms with Crippen LogP contribution in [-0.4, -0.2) is 7.05 Å². The zero-order valence-corrected chi connectivity index (χ0v) is 8.65. The fourth-order valence-electron chi connectivity index (χ4n) is 0.948. The maximum absolute atomic E-state index is 13.0. The molecule has 0 radical (unpaired) electrons. The fraction of sp³-hybridized carbons (Fsp3) is 0.333. The van der Waals surface area contributed by atoms with Crippen molar-refractivity contribution in [3.05, 3.63) is 34.1 Å². The third-order valence-electron chi connectivity index (χ3n) is 1.88. The topological polar surface area (TPSA) is 12.0 Å². The van der Waals surface area contributed by atoms with E-state index in [2.05, 4.69) is 21.2 Å². The molecular formula is C9H11BrFN. The maximum Gasteiger partial charge on any atom is 0.137 e. The van der Waals surface area contributed by atoms with Crippen LogP contribution >= 0.6 is 15.9 Å². The molecular weight excluding hydrogens is 221 g/mol. The van der Waals surface area contributed by atoms with E-state index in [1.165, 1.54) is 6.07 Å². The fourth-order valence-corrected chi connectivity index (χ4v) is 1.20. The van der Waals surface area contributed by atoms with Gasteiger partial charge >= 0.3 is 0 Å². The standard InChI is InChI=1S/C9H11BrFN/c1-6(12-2)7-3-4-8(10)9(11)5-7/h3-6,12H,1-2H3. The van der Waals surface area contributed by atoms with E-state index in [9.17, 15) is 4.39 Å². The number of rotatable bonds is 2. The number of benzene rings is 1. The Balaban J connectivity index is 2.96. The van der Waals surface area contributed by atoms with E-state index in [1.54, 1.807) is 6.07 Å². The first-order valence-electron chi connectivity index (χ1n) is 3.77. The highest BCUT2D eigenvalue weighted by atomic mass is 79.9. The summed E-state index contributed by atoms with van der Waals surface area (Å²) in [4.78, 5) is 0. The Labute approximate surface area is 80.1 Å². The average molecular weight is 232 g/mol. The van der Waals surface area contributed by atoms with Crippen molar-refractivity contribution >= 4 is 15.9 Å². The monoisotopic (exact) mass is 231 g/mol. The zero-order valence-electron chi connectivity index (χ0n) is 7.07. The second-order valence-corrected chi connectivity index (χ2v) is 3.54. The summed E-state index contributed by atoms with van der Waals surface area (Å²) in [7, 11) is 1.85. The molecule has 0 aromatic heterocycles. The van der Waals surface area contributed by atoms with Crippen LogP contribution < -0.4 is 5.32 Å². The molecule has 12 heavy (non-hydrogen) atoms. The minimum atomic E-state index is -0.213. The smallest absolute Gasteiger partial charge is 0.137 e. The van der Waals surface area contributed by atoms with Crippen LogP contribution in [0.2, 0.25) is 0 Å². The first-order valence-corrected chi connectivity index (χ1v) is 4.56. The third-order valence-corrected chi connectivity index (χ3v) is 2.52. The molecule has 0 aliphatic rings. The van der Waals surface area contributed by atoms with Gasteiger partial charge in [-0.15, -0.1) is 0 Å². The van der Waals surface area contributed by atoms with Crippen molar-refractivity contribution in [3.63, 3.8) is 0 Å². The van der Waals surface area contributed by atoms with Crippen LogP contribution in [0.15, 0.2) is 22.7 Å². The predicted molar refractivity (Wildman–Crippen MR) is 51.6 cm³/mol. The Morgan fingerprint density at radius 1 is 1.50 bits per heavy atom. The number of hydrogen-bond donors (Lipinski definition) is 1. The van der Waals surface area contributed by atoms with Crippen LogP contribution in [0.1, 0.15) is 18.5 Å². The zero-order chi connectivity index (χ0) is 9.14. The first-order chi connectivity index (χ1) is 5.65. The molecule has 0 spiro atoms. The van der Waals surface area contributed by atoms with E-state index in [0.29, 0.717) is 4.47 Å². The molecule has 0 aliphatic carbocycles. The summed E-state index contributed by atoms with van der Waals surface area (Å²) >= 11 is 3.10. The van der Waals surface area contributed by atoms with E-state index in [-0.39, 0.29) is 11.9 Å². The summed E-state index contributed by atoms with van der Waals surface area (Å²) in [6, 6.07) is 5.34. The van der Waals surface area contributed by atoms with Gasteiger partial charge in [-0.2, -0.15) is 0 Å². The van der Waals surface area contributed by atoms with Crippen LogP contribution in [0.5, 0.6) is 0 Å². The van der Waals surface area contributed by atoms with Crippen molar-refractivity contribution in [2.45, 2.75) is 13.0 Å². The van der Waals surface area contributed by atoms with Gasteiger partial charge in [0.05, 0.1) is 4.47 Å². The molecule has 1 aromatic rings. The lowest BCUT2D eigenvalue weighted by Crippen LogP contribution is -2.12. The van der Waals surface area contributed by atoms with Crippen molar-refractivity contribution in [2.24, 2.45) is 0 Å². The number of halogens is 2. The summed E-state index contributed by atoms with van der Waals surface area (Å²) in [6.07, 6.45) is 0. The summed E-state index contributed by atoms with van der Waals surface area (Å²) < 4.78 is 13.5. The Morgan fingerprint density at radius 3 is 2.67 bits per heavy atom. The van der Waals surface area contributed by atoms with E-state index >= 15 is 0 Å². The van der Waals surface area contributed by atoms with Crippen molar-refractivity contribution in [1.82, 2.24) is 5.32 Å². The lowest BCUT2D eigenvalue weighted by Gasteiger charge is -2.10. The molecule has 1 N–H and O–H groups in total. The molecule has 0 bridgehead atoms. The SMILES string of the molecule is CNC(C)c1ccc(Br)c(F)c1. The molecule has 1 atom stereocenters. The molecule has 1 unspecified atom stereocenters. The van der Waals surface area contributed by atoms with Crippen LogP contribution in [-0.2, 0) is 0 Å². The molecule has 0 aliphatic heterocycles. The lowest BCUT2D eigenvalue weighted by molar-refractivity contribution is 0.603. The van der Waals surface area contributed by atoms with Gasteiger partial charge in [0, 0.05) is 6.04 Å². The highest BCUT2D eigenvalue weighted by Crippen LogP contribution is 2.19. The summed E-state index contributed by atoms with van der Waals surface area (Å²) in [6.45, 7) is 1.99. The minimum Gasteiger partial charge on any atom is -0.313 e. The Bertz CT molecular complexity index is 275. The summed E-state index contributed by atoms with van der Waals surface area (Å²) in [5.41, 5.74) is 0.957. The molecule has 0 amide bonds. The second-order valence-electron chi connectivity index (χ2n) is 2.68. The lowest BCUT2D eigenvalue weighted by atomic mass is 10.1. The minimum absolute atomic E-state index is 0.188. The van der Waals surface area contributed by atoms with Crippen LogP contribution in [0.25, 0.3) is 0 Å². The van der Waals surface area contributed by atoms with E-state index < -0.39 is 0 Å². The van der Waals surface area contributed by atoms with E-state index in [1.807, 2.05) is 20.0 Å². The van der Waals surface area contributed by atoms with Gasteiger partial charge < -0.3 is 5.32 Å². The highest BCUT2D eigenvalue weighted by molar-refractivity contribution is 9.10. The second kappa shape index (κ2) is 4.01. The van der Waals surface area contributed by atoms with Gasteiger partial charge in [-0.1, -0.05) is 6.07 Å². The predicted octanol–water partition coefficient (Wildman–Crippen LogP) is 2.87.